The number of aromatic nitrogens is 1. The Balaban J connectivity index is 1.34. The summed E-state index contributed by atoms with van der Waals surface area (Å²) in [6.07, 6.45) is 4.93. The Labute approximate surface area is 163 Å². The molecule has 2 aromatic rings. The average Bonchev–Trinajstić information content (AvgIpc) is 3.01. The largest absolute Gasteiger partial charge is 0.480 e. The van der Waals surface area contributed by atoms with Gasteiger partial charge in [0.1, 0.15) is 5.82 Å². The van der Waals surface area contributed by atoms with E-state index in [1.807, 2.05) is 18.0 Å². The van der Waals surface area contributed by atoms with E-state index in [-0.39, 0.29) is 30.5 Å². The lowest BCUT2D eigenvalue weighted by Crippen LogP contribution is -2.56. The molecule has 1 aromatic heterocycles. The number of benzene rings is 1. The Hall–Kier alpha value is -2.61. The van der Waals surface area contributed by atoms with Crippen LogP contribution < -0.4 is 10.6 Å². The topological polar surface area (TPSA) is 97.5 Å². The number of hydrogen-bond acceptors (Lipinski definition) is 3. The van der Waals surface area contributed by atoms with Crippen molar-refractivity contribution in [2.24, 2.45) is 0 Å². The Morgan fingerprint density at radius 3 is 2.86 bits per heavy atom. The highest BCUT2D eigenvalue weighted by Gasteiger charge is 2.34. The summed E-state index contributed by atoms with van der Waals surface area (Å²) in [5.41, 5.74) is 1.95. The minimum atomic E-state index is -0.825. The van der Waals surface area contributed by atoms with Gasteiger partial charge in [0, 0.05) is 35.7 Å². The maximum Gasteiger partial charge on any atom is 0.317 e. The van der Waals surface area contributed by atoms with Crippen LogP contribution in [0.1, 0.15) is 31.7 Å². The second-order valence-electron chi connectivity index (χ2n) is 7.29. The van der Waals surface area contributed by atoms with Crippen LogP contribution >= 0.6 is 0 Å². The molecule has 1 aliphatic carbocycles. The number of aryl methyl sites for hydroxylation is 1. The Bertz CT molecular complexity index is 832. The number of amides is 2. The van der Waals surface area contributed by atoms with Gasteiger partial charge >= 0.3 is 12.0 Å². The second kappa shape index (κ2) is 9.05. The summed E-state index contributed by atoms with van der Waals surface area (Å²) in [5.74, 6) is -1.08. The van der Waals surface area contributed by atoms with Gasteiger partial charge in [0.05, 0.1) is 6.54 Å². The molecule has 0 unspecified atom stereocenters. The van der Waals surface area contributed by atoms with Crippen molar-refractivity contribution >= 4 is 22.9 Å². The van der Waals surface area contributed by atoms with Gasteiger partial charge in [0.15, 0.2) is 0 Å². The van der Waals surface area contributed by atoms with Gasteiger partial charge in [-0.25, -0.2) is 9.18 Å². The number of fused-ring (bicyclic) bond motifs is 1. The Morgan fingerprint density at radius 2 is 2.14 bits per heavy atom. The van der Waals surface area contributed by atoms with E-state index in [0.717, 1.165) is 42.1 Å². The smallest absolute Gasteiger partial charge is 0.317 e. The number of likely N-dealkylation sites (N-methyl/N-ethyl adjacent to an activating group) is 1. The normalized spacial score (nSPS) is 18.8. The molecule has 4 N–H and O–H groups in total. The van der Waals surface area contributed by atoms with Crippen LogP contribution in [0.4, 0.5) is 9.18 Å². The van der Waals surface area contributed by atoms with Crippen molar-refractivity contribution in [2.45, 2.75) is 44.7 Å². The number of carboxylic acid groups (broad SMARTS) is 1. The summed E-state index contributed by atoms with van der Waals surface area (Å²) in [7, 11) is 0. The van der Waals surface area contributed by atoms with Crippen molar-refractivity contribution in [1.29, 1.82) is 0 Å². The number of H-pyrrole nitrogens is 1. The highest BCUT2D eigenvalue weighted by molar-refractivity contribution is 5.83. The molecule has 1 aromatic carbocycles. The number of carbonyl (C=O) groups is 2. The molecule has 1 aliphatic rings. The lowest BCUT2D eigenvalue weighted by molar-refractivity contribution is -0.139. The minimum Gasteiger partial charge on any atom is -0.480 e. The Morgan fingerprint density at radius 1 is 1.36 bits per heavy atom. The van der Waals surface area contributed by atoms with E-state index < -0.39 is 5.97 Å². The molecule has 152 valence electrons. The number of halogens is 1. The summed E-state index contributed by atoms with van der Waals surface area (Å²) in [6, 6.07) is 4.79. The molecule has 0 radical (unpaired) electrons. The maximum atomic E-state index is 13.4. The van der Waals surface area contributed by atoms with Crippen LogP contribution in [0.25, 0.3) is 10.9 Å². The molecule has 7 nitrogen and oxygen atoms in total. The first-order valence-electron chi connectivity index (χ1n) is 9.72. The van der Waals surface area contributed by atoms with E-state index in [4.69, 9.17) is 5.11 Å². The zero-order chi connectivity index (χ0) is 20.1. The van der Waals surface area contributed by atoms with E-state index in [1.54, 1.807) is 6.07 Å². The minimum absolute atomic E-state index is 0.0395. The van der Waals surface area contributed by atoms with Crippen LogP contribution in [0.2, 0.25) is 0 Å². The summed E-state index contributed by atoms with van der Waals surface area (Å²) in [4.78, 5) is 27.9. The second-order valence-corrected chi connectivity index (χ2v) is 7.29. The molecule has 0 atom stereocenters. The molecule has 0 bridgehead atoms. The number of rotatable bonds is 9. The van der Waals surface area contributed by atoms with Crippen LogP contribution in [0, 0.1) is 5.82 Å². The number of aliphatic carboxylic acids is 1. The highest BCUT2D eigenvalue weighted by atomic mass is 19.1. The molecule has 1 saturated carbocycles. The van der Waals surface area contributed by atoms with Crippen molar-refractivity contribution < 1.29 is 19.1 Å². The van der Waals surface area contributed by atoms with Gasteiger partial charge in [-0.3, -0.25) is 9.69 Å². The van der Waals surface area contributed by atoms with Crippen molar-refractivity contribution in [3.05, 3.63) is 35.8 Å². The molecule has 28 heavy (non-hydrogen) atoms. The van der Waals surface area contributed by atoms with Crippen molar-refractivity contribution in [2.75, 3.05) is 19.6 Å². The number of nitrogens with one attached hydrogen (secondary N) is 3. The maximum absolute atomic E-state index is 13.4. The third-order valence-corrected chi connectivity index (χ3v) is 5.35. The van der Waals surface area contributed by atoms with Crippen molar-refractivity contribution in [1.82, 2.24) is 20.5 Å². The number of hydrogen-bond donors (Lipinski definition) is 4. The van der Waals surface area contributed by atoms with E-state index >= 15 is 0 Å². The van der Waals surface area contributed by atoms with Crippen LogP contribution in [0.3, 0.4) is 0 Å². The SMILES string of the molecule is CCN(CC(=O)O)C1CC(NC(=O)NCCCc2c[nH]c3ccc(F)cc23)C1. The molecular formula is C20H27FN4O3. The lowest BCUT2D eigenvalue weighted by atomic mass is 9.85. The zero-order valence-electron chi connectivity index (χ0n) is 16.0. The first-order valence-corrected chi connectivity index (χ1v) is 9.72. The summed E-state index contributed by atoms with van der Waals surface area (Å²) in [5, 5.41) is 15.6. The molecule has 8 heteroatoms. The zero-order valence-corrected chi connectivity index (χ0v) is 16.0. The van der Waals surface area contributed by atoms with Crippen LogP contribution in [0.5, 0.6) is 0 Å². The number of aromatic amines is 1. The molecule has 1 fully saturated rings. The average molecular weight is 390 g/mol. The van der Waals surface area contributed by atoms with Crippen molar-refractivity contribution in [3.8, 4) is 0 Å². The van der Waals surface area contributed by atoms with E-state index in [9.17, 15) is 14.0 Å². The van der Waals surface area contributed by atoms with Gasteiger partial charge in [-0.1, -0.05) is 6.92 Å². The summed E-state index contributed by atoms with van der Waals surface area (Å²) in [6.45, 7) is 3.20. The molecule has 2 amide bonds. The third-order valence-electron chi connectivity index (χ3n) is 5.35. The van der Waals surface area contributed by atoms with Gasteiger partial charge in [-0.05, 0) is 56.0 Å². The number of carbonyl (C=O) groups excluding carboxylic acids is 1. The van der Waals surface area contributed by atoms with Gasteiger partial charge < -0.3 is 20.7 Å². The summed E-state index contributed by atoms with van der Waals surface area (Å²) >= 11 is 0. The predicted molar refractivity (Wildman–Crippen MR) is 105 cm³/mol. The quantitative estimate of drug-likeness (QED) is 0.495. The van der Waals surface area contributed by atoms with Gasteiger partial charge in [-0.15, -0.1) is 0 Å². The standard InChI is InChI=1S/C20H27FN4O3/c1-2-25(12-19(26)27)16-9-15(10-16)24-20(28)22-7-3-4-13-11-23-18-6-5-14(21)8-17(13)18/h5-6,8,11,15-16,23H,2-4,7,9-10,12H2,1H3,(H,26,27)(H2,22,24,28). The lowest BCUT2D eigenvalue weighted by Gasteiger charge is -2.42. The highest BCUT2D eigenvalue weighted by Crippen LogP contribution is 2.25. The van der Waals surface area contributed by atoms with Crippen LogP contribution in [-0.4, -0.2) is 58.7 Å². The first kappa shape index (κ1) is 20.1. The van der Waals surface area contributed by atoms with Crippen LogP contribution in [-0.2, 0) is 11.2 Å². The molecule has 0 saturated heterocycles. The molecule has 1 heterocycles. The predicted octanol–water partition coefficient (Wildman–Crippen LogP) is 2.48. The van der Waals surface area contributed by atoms with Crippen LogP contribution in [0.15, 0.2) is 24.4 Å². The van der Waals surface area contributed by atoms with E-state index in [0.29, 0.717) is 13.1 Å². The van der Waals surface area contributed by atoms with Gasteiger partial charge in [-0.2, -0.15) is 0 Å². The molecule has 3 rings (SSSR count). The Kier molecular flexibility index (Phi) is 6.51. The van der Waals surface area contributed by atoms with Gasteiger partial charge in [0.25, 0.3) is 0 Å². The van der Waals surface area contributed by atoms with Crippen molar-refractivity contribution in [3.63, 3.8) is 0 Å². The first-order chi connectivity index (χ1) is 13.5. The number of carboxylic acids is 1. The van der Waals surface area contributed by atoms with E-state index in [1.165, 1.54) is 12.1 Å². The third kappa shape index (κ3) is 5.01. The number of nitrogens with zero attached hydrogens (tertiary/aromatic N) is 1. The fraction of sp³-hybridized carbons (Fsp3) is 0.500. The summed E-state index contributed by atoms with van der Waals surface area (Å²) < 4.78 is 13.4. The number of urea groups is 1. The molecular weight excluding hydrogens is 363 g/mol. The monoisotopic (exact) mass is 390 g/mol. The molecule has 0 spiro atoms. The van der Waals surface area contributed by atoms with E-state index in [2.05, 4.69) is 15.6 Å². The fourth-order valence-corrected chi connectivity index (χ4v) is 3.75. The van der Waals surface area contributed by atoms with Gasteiger partial charge in [0.2, 0.25) is 0 Å². The molecule has 0 aliphatic heterocycles. The fourth-order valence-electron chi connectivity index (χ4n) is 3.75.